The molecule has 1 amide bonds. The lowest BCUT2D eigenvalue weighted by Gasteiger charge is -2.37. The molecule has 3 N–H and O–H groups in total. The lowest BCUT2D eigenvalue weighted by atomic mass is 9.70. The second kappa shape index (κ2) is 10.6. The predicted molar refractivity (Wildman–Crippen MR) is 121 cm³/mol. The summed E-state index contributed by atoms with van der Waals surface area (Å²) < 4.78 is 10.2. The maximum Gasteiger partial charge on any atom is 0.329 e. The molecule has 0 bridgehead atoms. The smallest absolute Gasteiger partial charge is 0.329 e. The molecule has 8 nitrogen and oxygen atoms in total. The van der Waals surface area contributed by atoms with Crippen LogP contribution < -0.4 is 10.1 Å². The molecule has 8 heteroatoms. The summed E-state index contributed by atoms with van der Waals surface area (Å²) in [5.41, 5.74) is 3.22. The molecule has 0 saturated heterocycles. The summed E-state index contributed by atoms with van der Waals surface area (Å²) in [7, 11) is 1.66. The topological polar surface area (TPSA) is 114 Å². The van der Waals surface area contributed by atoms with Crippen LogP contribution in [-0.4, -0.2) is 53.8 Å². The lowest BCUT2D eigenvalue weighted by Crippen LogP contribution is -2.38. The molecule has 1 aromatic carbocycles. The molecule has 1 aliphatic carbocycles. The summed E-state index contributed by atoms with van der Waals surface area (Å²) in [5, 5.41) is 11.5. The molecule has 2 aromatic rings. The number of hydrogen-bond donors (Lipinski definition) is 3. The van der Waals surface area contributed by atoms with E-state index in [0.29, 0.717) is 24.3 Å². The Hall–Kier alpha value is -2.87. The number of ether oxygens (including phenoxy) is 2. The van der Waals surface area contributed by atoms with Crippen LogP contribution in [0.4, 0.5) is 0 Å². The number of carbonyl (C=O) groups is 2. The van der Waals surface area contributed by atoms with Crippen LogP contribution in [0.25, 0.3) is 11.0 Å². The first kappa shape index (κ1) is 23.8. The number of amides is 1. The number of imidazole rings is 1. The number of H-pyrrole nitrogens is 1. The summed E-state index contributed by atoms with van der Waals surface area (Å²) in [5.74, 6) is 1.90. The molecule has 3 rings (SSSR count). The van der Waals surface area contributed by atoms with Crippen molar-refractivity contribution in [3.8, 4) is 5.75 Å². The first-order valence-electron chi connectivity index (χ1n) is 11.0. The molecule has 0 unspecified atom stereocenters. The number of methoxy groups -OCH3 is 1. The van der Waals surface area contributed by atoms with Crippen LogP contribution >= 0.6 is 0 Å². The zero-order valence-electron chi connectivity index (χ0n) is 19.2. The maximum absolute atomic E-state index is 12.0. The Morgan fingerprint density at radius 3 is 2.78 bits per heavy atom. The van der Waals surface area contributed by atoms with Gasteiger partial charge in [0.05, 0.1) is 18.1 Å². The minimum atomic E-state index is -1.09. The molecule has 174 valence electrons. The Kier molecular flexibility index (Phi) is 7.90. The third-order valence-electron chi connectivity index (χ3n) is 6.26. The van der Waals surface area contributed by atoms with E-state index in [2.05, 4.69) is 37.1 Å². The van der Waals surface area contributed by atoms with Crippen molar-refractivity contribution in [3.05, 3.63) is 35.7 Å². The van der Waals surface area contributed by atoms with Crippen molar-refractivity contribution < 1.29 is 24.2 Å². The molecule has 1 aromatic heterocycles. The van der Waals surface area contributed by atoms with Gasteiger partial charge >= 0.3 is 5.97 Å². The van der Waals surface area contributed by atoms with Crippen molar-refractivity contribution in [1.82, 2.24) is 15.3 Å². The van der Waals surface area contributed by atoms with Gasteiger partial charge < -0.3 is 24.9 Å². The molecule has 32 heavy (non-hydrogen) atoms. The fraction of sp³-hybridized carbons (Fsp3) is 0.542. The first-order chi connectivity index (χ1) is 15.3. The summed E-state index contributed by atoms with van der Waals surface area (Å²) in [4.78, 5) is 30.7. The number of aromatic nitrogens is 2. The van der Waals surface area contributed by atoms with Gasteiger partial charge in [0.15, 0.2) is 0 Å². The maximum atomic E-state index is 12.0. The van der Waals surface area contributed by atoms with Gasteiger partial charge in [-0.25, -0.2) is 9.78 Å². The van der Waals surface area contributed by atoms with Crippen molar-refractivity contribution in [2.75, 3.05) is 26.9 Å². The SMILES string of the molecule is COc1ccc2nc(C[C@@H]3C[C@@H](C(C)C)[C@H](CNC(=O)COCC(=O)O)C=C3C)[nH]c2c1. The quantitative estimate of drug-likeness (QED) is 0.486. The highest BCUT2D eigenvalue weighted by atomic mass is 16.5. The Labute approximate surface area is 188 Å². The Bertz CT molecular complexity index is 981. The molecule has 0 aliphatic heterocycles. The second-order valence-electron chi connectivity index (χ2n) is 8.88. The number of allylic oxidation sites excluding steroid dienone is 1. The Morgan fingerprint density at radius 1 is 1.31 bits per heavy atom. The number of rotatable bonds is 10. The highest BCUT2D eigenvalue weighted by Gasteiger charge is 2.32. The van der Waals surface area contributed by atoms with Gasteiger partial charge in [-0.1, -0.05) is 25.5 Å². The number of carbonyl (C=O) groups excluding carboxylic acids is 1. The van der Waals surface area contributed by atoms with Gasteiger partial charge in [0.2, 0.25) is 5.91 Å². The number of fused-ring (bicyclic) bond motifs is 1. The molecule has 3 atom stereocenters. The Balaban J connectivity index is 1.64. The van der Waals surface area contributed by atoms with Gasteiger partial charge in [0, 0.05) is 19.0 Å². The van der Waals surface area contributed by atoms with Crippen LogP contribution in [0, 0.1) is 23.7 Å². The van der Waals surface area contributed by atoms with Gasteiger partial charge in [0.25, 0.3) is 0 Å². The largest absolute Gasteiger partial charge is 0.497 e. The van der Waals surface area contributed by atoms with E-state index in [1.54, 1.807) is 7.11 Å². The van der Waals surface area contributed by atoms with E-state index >= 15 is 0 Å². The molecule has 0 radical (unpaired) electrons. The van der Waals surface area contributed by atoms with Crippen LogP contribution in [0.15, 0.2) is 29.8 Å². The van der Waals surface area contributed by atoms with E-state index in [1.165, 1.54) is 5.57 Å². The monoisotopic (exact) mass is 443 g/mol. The highest BCUT2D eigenvalue weighted by molar-refractivity contribution is 5.78. The third kappa shape index (κ3) is 6.09. The van der Waals surface area contributed by atoms with Gasteiger partial charge in [0.1, 0.15) is 24.8 Å². The van der Waals surface area contributed by atoms with E-state index in [9.17, 15) is 9.59 Å². The Morgan fingerprint density at radius 2 is 2.09 bits per heavy atom. The van der Waals surface area contributed by atoms with E-state index < -0.39 is 12.6 Å². The van der Waals surface area contributed by atoms with Gasteiger partial charge in [-0.2, -0.15) is 0 Å². The number of carboxylic acids is 1. The summed E-state index contributed by atoms with van der Waals surface area (Å²) in [6.45, 7) is 6.39. The van der Waals surface area contributed by atoms with Crippen LogP contribution in [0.1, 0.15) is 33.0 Å². The fourth-order valence-electron chi connectivity index (χ4n) is 4.52. The summed E-state index contributed by atoms with van der Waals surface area (Å²) >= 11 is 0. The molecule has 1 heterocycles. The standard InChI is InChI=1S/C24H33N3O5/c1-14(2)19-8-16(9-22-26-20-6-5-18(31-4)10-21(20)27-22)15(3)7-17(19)11-25-23(28)12-32-13-24(29)30/h5-7,10,14,16-17,19H,8-9,11-13H2,1-4H3,(H,25,28)(H,26,27)(H,29,30)/t16-,17-,19-/m0/s1. The predicted octanol–water partition coefficient (Wildman–Crippen LogP) is 3.19. The van der Waals surface area contributed by atoms with Crippen molar-refractivity contribution >= 4 is 22.9 Å². The van der Waals surface area contributed by atoms with Crippen LogP contribution in [0.3, 0.4) is 0 Å². The minimum Gasteiger partial charge on any atom is -0.497 e. The number of carboxylic acid groups (broad SMARTS) is 1. The van der Waals surface area contributed by atoms with Gasteiger partial charge in [-0.15, -0.1) is 0 Å². The second-order valence-corrected chi connectivity index (χ2v) is 8.88. The van der Waals surface area contributed by atoms with E-state index in [1.807, 2.05) is 18.2 Å². The van der Waals surface area contributed by atoms with Crippen molar-refractivity contribution in [2.24, 2.45) is 23.7 Å². The zero-order valence-corrected chi connectivity index (χ0v) is 19.2. The molecule has 0 spiro atoms. The average Bonchev–Trinajstić information content (AvgIpc) is 3.14. The zero-order chi connectivity index (χ0) is 23.3. The van der Waals surface area contributed by atoms with E-state index in [4.69, 9.17) is 19.6 Å². The van der Waals surface area contributed by atoms with Crippen LogP contribution in [0.5, 0.6) is 5.75 Å². The number of hydrogen-bond acceptors (Lipinski definition) is 5. The van der Waals surface area contributed by atoms with Crippen molar-refractivity contribution in [1.29, 1.82) is 0 Å². The van der Waals surface area contributed by atoms with Crippen molar-refractivity contribution in [2.45, 2.75) is 33.6 Å². The fourth-order valence-corrected chi connectivity index (χ4v) is 4.52. The van der Waals surface area contributed by atoms with Crippen LogP contribution in [-0.2, 0) is 20.7 Å². The molecular weight excluding hydrogens is 410 g/mol. The number of aliphatic carboxylic acids is 1. The van der Waals surface area contributed by atoms with Crippen LogP contribution in [0.2, 0.25) is 0 Å². The molecule has 0 saturated carbocycles. The van der Waals surface area contributed by atoms with Gasteiger partial charge in [-0.05, 0) is 49.1 Å². The molecule has 1 aliphatic rings. The number of nitrogens with zero attached hydrogens (tertiary/aromatic N) is 1. The normalized spacial score (nSPS) is 20.9. The summed E-state index contributed by atoms with van der Waals surface area (Å²) in [6.07, 6.45) is 4.14. The number of nitrogens with one attached hydrogen (secondary N) is 2. The van der Waals surface area contributed by atoms with E-state index in [-0.39, 0.29) is 18.4 Å². The number of benzene rings is 1. The minimum absolute atomic E-state index is 0.231. The first-order valence-corrected chi connectivity index (χ1v) is 11.0. The number of aromatic amines is 1. The highest BCUT2D eigenvalue weighted by Crippen LogP contribution is 2.38. The third-order valence-corrected chi connectivity index (χ3v) is 6.26. The van der Waals surface area contributed by atoms with E-state index in [0.717, 1.165) is 35.4 Å². The molecular formula is C24H33N3O5. The lowest BCUT2D eigenvalue weighted by molar-refractivity contribution is -0.143. The summed E-state index contributed by atoms with van der Waals surface area (Å²) in [6, 6.07) is 5.85. The van der Waals surface area contributed by atoms with Crippen molar-refractivity contribution in [3.63, 3.8) is 0 Å². The molecule has 0 fully saturated rings. The van der Waals surface area contributed by atoms with Gasteiger partial charge in [-0.3, -0.25) is 4.79 Å². The average molecular weight is 444 g/mol.